The van der Waals surface area contributed by atoms with Gasteiger partial charge in [0.1, 0.15) is 80.3 Å². The highest BCUT2D eigenvalue weighted by molar-refractivity contribution is 8.00. The molecule has 0 saturated carbocycles. The van der Waals surface area contributed by atoms with Crippen LogP contribution in [-0.4, -0.2) is 243 Å². The highest BCUT2D eigenvalue weighted by Crippen LogP contribution is 2.44. The highest BCUT2D eigenvalue weighted by atomic mass is 32.2. The van der Waals surface area contributed by atoms with E-state index >= 15 is 0 Å². The lowest BCUT2D eigenvalue weighted by atomic mass is 9.96. The molecule has 2 N–H and O–H groups in total. The molecule has 0 radical (unpaired) electrons. The molecule has 4 aliphatic heterocycles. The molecular formula is C67H82N2O36S2. The van der Waals surface area contributed by atoms with Gasteiger partial charge in [-0.25, -0.2) is 0 Å². The van der Waals surface area contributed by atoms with Crippen LogP contribution in [0.3, 0.4) is 0 Å². The summed E-state index contributed by atoms with van der Waals surface area (Å²) in [7, 11) is 0. The maximum absolute atomic E-state index is 14.2. The van der Waals surface area contributed by atoms with E-state index < -0.39 is 249 Å². The van der Waals surface area contributed by atoms with E-state index in [0.29, 0.717) is 0 Å². The summed E-state index contributed by atoms with van der Waals surface area (Å²) >= 11 is 1.70. The van der Waals surface area contributed by atoms with Crippen LogP contribution >= 0.6 is 23.5 Å². The van der Waals surface area contributed by atoms with Gasteiger partial charge in [-0.15, -0.1) is 0 Å². The van der Waals surface area contributed by atoms with Gasteiger partial charge in [0, 0.05) is 118 Å². The lowest BCUT2D eigenvalue weighted by Crippen LogP contribution is -2.66. The maximum atomic E-state index is 14.2. The molecule has 4 saturated heterocycles. The Bertz CT molecular complexity index is 3380. The molecule has 6 rings (SSSR count). The molecule has 4 aliphatic rings. The van der Waals surface area contributed by atoms with Crippen molar-refractivity contribution in [2.24, 2.45) is 5.73 Å². The van der Waals surface area contributed by atoms with Crippen LogP contribution in [0.5, 0.6) is 0 Å². The molecule has 4 fully saturated rings. The van der Waals surface area contributed by atoms with E-state index in [2.05, 4.69) is 0 Å². The number of hydrogen-bond acceptors (Lipinski definition) is 38. The predicted molar refractivity (Wildman–Crippen MR) is 352 cm³/mol. The van der Waals surface area contributed by atoms with Crippen LogP contribution in [0.25, 0.3) is 0 Å². The molecule has 588 valence electrons. The summed E-state index contributed by atoms with van der Waals surface area (Å²) in [5, 5.41) is 0. The Balaban J connectivity index is 1.36. The van der Waals surface area contributed by atoms with E-state index in [4.69, 9.17) is 100 Å². The van der Waals surface area contributed by atoms with Crippen molar-refractivity contribution in [3.63, 3.8) is 0 Å². The summed E-state index contributed by atoms with van der Waals surface area (Å²) in [4.78, 5) is 206. The van der Waals surface area contributed by atoms with Crippen molar-refractivity contribution in [2.75, 3.05) is 31.3 Å². The molecule has 4 heterocycles. The summed E-state index contributed by atoms with van der Waals surface area (Å²) in [6.07, 6.45) is -31.7. The van der Waals surface area contributed by atoms with Gasteiger partial charge in [-0.3, -0.25) is 81.6 Å². The molecule has 20 atom stereocenters. The van der Waals surface area contributed by atoms with Gasteiger partial charge >= 0.3 is 83.6 Å². The average Bonchev–Trinajstić information content (AvgIpc) is 0.769. The molecule has 0 unspecified atom stereocenters. The Morgan fingerprint density at radius 3 is 0.794 bits per heavy atom. The van der Waals surface area contributed by atoms with Crippen molar-refractivity contribution in [1.29, 1.82) is 0 Å². The third-order valence-electron chi connectivity index (χ3n) is 15.0. The van der Waals surface area contributed by atoms with Gasteiger partial charge in [0.25, 0.3) is 0 Å². The number of benzene rings is 2. The topological polar surface area (TPSA) is 487 Å². The number of rotatable bonds is 30. The number of nitrogens with two attached hydrogens (primary N) is 1. The molecule has 0 aliphatic carbocycles. The van der Waals surface area contributed by atoms with Crippen LogP contribution in [-0.2, 0) is 171 Å². The zero-order valence-electron chi connectivity index (χ0n) is 60.2. The summed E-state index contributed by atoms with van der Waals surface area (Å²) in [6, 6.07) is 11.6. The van der Waals surface area contributed by atoms with E-state index in [1.165, 1.54) is 48.5 Å². The second-order valence-electron chi connectivity index (χ2n) is 23.9. The molecule has 107 heavy (non-hydrogen) atoms. The summed E-state index contributed by atoms with van der Waals surface area (Å²) in [5.41, 5.74) is 2.91. The maximum Gasteiger partial charge on any atom is 0.303 e. The summed E-state index contributed by atoms with van der Waals surface area (Å²) in [5.74, 6) is -15.0. The fourth-order valence-electron chi connectivity index (χ4n) is 11.4. The highest BCUT2D eigenvalue weighted by Gasteiger charge is 2.60. The summed E-state index contributed by atoms with van der Waals surface area (Å²) < 4.78 is 116. The number of thioether (sulfide) groups is 2. The van der Waals surface area contributed by atoms with Gasteiger partial charge in [0.15, 0.2) is 73.6 Å². The van der Waals surface area contributed by atoms with Crippen LogP contribution in [0.2, 0.25) is 0 Å². The van der Waals surface area contributed by atoms with Gasteiger partial charge in [0.05, 0.1) is 0 Å². The lowest BCUT2D eigenvalue weighted by Gasteiger charge is -2.48. The van der Waals surface area contributed by atoms with E-state index in [-0.39, 0.29) is 21.2 Å². The zero-order chi connectivity index (χ0) is 79.4. The minimum atomic E-state index is -1.95. The molecule has 0 aromatic heterocycles. The van der Waals surface area contributed by atoms with Crippen molar-refractivity contribution in [1.82, 2.24) is 0 Å². The number of ether oxygens (including phenoxy) is 20. The van der Waals surface area contributed by atoms with E-state index in [1.54, 1.807) is 0 Å². The zero-order valence-corrected chi connectivity index (χ0v) is 61.9. The number of carbonyl (C=O) groups excluding carboxylic acids is 16. The molecule has 38 nitrogen and oxygen atoms in total. The fourth-order valence-corrected chi connectivity index (χ4v) is 13.6. The number of esters is 14. The van der Waals surface area contributed by atoms with Crippen molar-refractivity contribution in [3.05, 3.63) is 48.5 Å². The average molecular weight is 1560 g/mol. The monoisotopic (exact) mass is 1550 g/mol. The molecule has 40 heteroatoms. The van der Waals surface area contributed by atoms with Gasteiger partial charge in [-0.05, 0) is 48.5 Å². The first-order chi connectivity index (χ1) is 50.3. The molecule has 0 spiro atoms. The number of nitrogens with zero attached hydrogens (tertiary/aromatic N) is 1. The van der Waals surface area contributed by atoms with Crippen molar-refractivity contribution in [3.8, 4) is 0 Å². The Morgan fingerprint density at radius 1 is 0.308 bits per heavy atom. The van der Waals surface area contributed by atoms with Gasteiger partial charge < -0.3 is 100 Å². The molecule has 2 aromatic rings. The van der Waals surface area contributed by atoms with Crippen LogP contribution in [0, 0.1) is 0 Å². The van der Waals surface area contributed by atoms with Gasteiger partial charge in [-0.1, -0.05) is 23.5 Å². The summed E-state index contributed by atoms with van der Waals surface area (Å²) in [6.45, 7) is 11.5. The normalized spacial score (nSPS) is 28.0. The molecule has 2 aromatic carbocycles. The smallest absolute Gasteiger partial charge is 0.303 e. The molecule has 0 bridgehead atoms. The standard InChI is InChI=1S/C67H82N2O36S2/c1-28(70)86-24-46-52(90-32(5)74)56(92-34(7)76)60(96-38(11)80)64(100-46)104-54-48(26-88-30(3)72)102-66(62(98-40(13)82)58(54)94-36(9)78)106-44-19-15-42(16-20-44)69(51(85)23-50(68)84)43-17-21-45(22-18-43)107-67-63(99-41(14)83)59(95-37(10)79)55(49(103-67)27-89-31(4)73)105-65-61(97-39(12)81)57(93-35(8)77)53(91-33(6)75)47(101-65)25-87-29(2)71/h15-22,46-49,52-67H,23-27H2,1-14H3,(H2,68,84)/t46-,47-,48-,49-,52-,53-,54-,55-,56+,57+,58+,59+,60-,61-,62-,63-,64+,65+,66+,67+/m1/s1. The Labute approximate surface area is 619 Å². The minimum absolute atomic E-state index is 0.108. The Hall–Kier alpha value is -9.58. The lowest BCUT2D eigenvalue weighted by molar-refractivity contribution is -0.341. The molecular weight excluding hydrogens is 1470 g/mol. The molecule has 2 amide bonds. The number of amides is 2. The number of anilines is 2. The van der Waals surface area contributed by atoms with Crippen LogP contribution < -0.4 is 10.6 Å². The first kappa shape index (κ1) is 86.3. The quantitative estimate of drug-likeness (QED) is 0.0660. The van der Waals surface area contributed by atoms with E-state index in [1.807, 2.05) is 0 Å². The SMILES string of the molecule is CC(=O)OC[C@H]1O[C@@H](Sc2ccc(N(C(=O)CC(N)=O)c3ccc(S[C@@H]4O[C@H](COC(C)=O)[C@@H](O[C@@H]5O[C@H](COC(C)=O)[C@@H](OC(C)=O)[C@H](OC(C)=O)[C@H]5OC(C)=O)[C@H](OC(C)=O)[C@H]4OC(C)=O)cc3)cc2)[C@H](OC(C)=O)[C@@H](OC(C)=O)[C@@H]1O[C@@H]1O[C@H](COC(C)=O)[C@@H](OC(C)=O)[C@H](OC(C)=O)[C@H]1OC(C)=O. The predicted octanol–water partition coefficient (Wildman–Crippen LogP) is 1.65. The Kier molecular flexibility index (Phi) is 32.2. The third-order valence-corrected chi connectivity index (χ3v) is 17.4. The first-order valence-electron chi connectivity index (χ1n) is 32.6. The largest absolute Gasteiger partial charge is 0.463 e. The second-order valence-corrected chi connectivity index (χ2v) is 26.3. The number of carbonyl (C=O) groups is 16. The minimum Gasteiger partial charge on any atom is -0.463 e. The second kappa shape index (κ2) is 39.9. The van der Waals surface area contributed by atoms with E-state index in [0.717, 1.165) is 125 Å². The van der Waals surface area contributed by atoms with Crippen molar-refractivity contribution < 1.29 is 171 Å². The number of hydrogen-bond donors (Lipinski definition) is 1. The number of primary amides is 1. The fraction of sp³-hybridized carbons (Fsp3) is 0.582. The van der Waals surface area contributed by atoms with Crippen LogP contribution in [0.15, 0.2) is 58.3 Å². The van der Waals surface area contributed by atoms with E-state index in [9.17, 15) is 76.7 Å². The van der Waals surface area contributed by atoms with Crippen molar-refractivity contribution >= 4 is 130 Å². The van der Waals surface area contributed by atoms with Gasteiger partial charge in [-0.2, -0.15) is 0 Å². The third kappa shape index (κ3) is 25.8. The van der Waals surface area contributed by atoms with Crippen LogP contribution in [0.1, 0.15) is 103 Å². The van der Waals surface area contributed by atoms with Crippen molar-refractivity contribution in [2.45, 2.75) is 234 Å². The van der Waals surface area contributed by atoms with Crippen LogP contribution in [0.4, 0.5) is 11.4 Å². The first-order valence-corrected chi connectivity index (χ1v) is 34.4. The van der Waals surface area contributed by atoms with Gasteiger partial charge in [0.2, 0.25) is 11.8 Å². The Morgan fingerprint density at radius 2 is 0.542 bits per heavy atom.